The van der Waals surface area contributed by atoms with Crippen LogP contribution in [0.25, 0.3) is 5.69 Å². The van der Waals surface area contributed by atoms with E-state index in [1.165, 1.54) is 30.6 Å². The van der Waals surface area contributed by atoms with Gasteiger partial charge >= 0.3 is 6.18 Å². The van der Waals surface area contributed by atoms with Crippen LogP contribution in [0.15, 0.2) is 42.9 Å². The highest BCUT2D eigenvalue weighted by molar-refractivity contribution is 6.33. The van der Waals surface area contributed by atoms with E-state index in [-0.39, 0.29) is 46.0 Å². The average molecular weight is 481 g/mol. The number of carbonyl (C=O) groups is 1. The standard InChI is InChI=1S/C21H17ClF4N6O/c22-14-8-12(21(24,25)26)9-27-19(14)30-16-6-11-7-17(16)31(10-11)20(33)13-2-1-3-15(23)18(13)32-28-4-5-29-32/h1-5,8-9,11,16-17H,6-7,10H2,(H,27,30). The Morgan fingerprint density at radius 3 is 2.61 bits per heavy atom. The molecule has 12 heteroatoms. The Hall–Kier alpha value is -3.21. The molecule has 1 aliphatic heterocycles. The lowest BCUT2D eigenvalue weighted by atomic mass is 10.0. The number of piperidine rings is 1. The average Bonchev–Trinajstić information content (AvgIpc) is 3.51. The molecule has 3 heterocycles. The lowest BCUT2D eigenvalue weighted by molar-refractivity contribution is -0.137. The molecule has 1 N–H and O–H groups in total. The minimum atomic E-state index is -4.54. The molecule has 3 aromatic rings. The van der Waals surface area contributed by atoms with Crippen molar-refractivity contribution >= 4 is 23.3 Å². The van der Waals surface area contributed by atoms with E-state index in [4.69, 9.17) is 11.6 Å². The van der Waals surface area contributed by atoms with Crippen LogP contribution in [0, 0.1) is 11.7 Å². The van der Waals surface area contributed by atoms with Crippen LogP contribution in [0.1, 0.15) is 28.8 Å². The van der Waals surface area contributed by atoms with Gasteiger partial charge < -0.3 is 10.2 Å². The van der Waals surface area contributed by atoms with Gasteiger partial charge in [0.25, 0.3) is 5.91 Å². The maximum atomic E-state index is 14.6. The molecule has 2 aliphatic rings. The zero-order chi connectivity index (χ0) is 23.3. The van der Waals surface area contributed by atoms with Crippen molar-refractivity contribution in [3.8, 4) is 5.69 Å². The van der Waals surface area contributed by atoms with Crippen molar-refractivity contribution in [1.82, 2.24) is 24.9 Å². The summed E-state index contributed by atoms with van der Waals surface area (Å²) in [7, 11) is 0. The second kappa shape index (κ2) is 7.98. The zero-order valence-electron chi connectivity index (χ0n) is 16.9. The summed E-state index contributed by atoms with van der Waals surface area (Å²) in [5.41, 5.74) is -0.843. The summed E-state index contributed by atoms with van der Waals surface area (Å²) in [5, 5.41) is 10.8. The van der Waals surface area contributed by atoms with E-state index >= 15 is 0 Å². The van der Waals surface area contributed by atoms with Crippen LogP contribution in [0.5, 0.6) is 0 Å². The highest BCUT2D eigenvalue weighted by Crippen LogP contribution is 2.41. The van der Waals surface area contributed by atoms with Gasteiger partial charge in [-0.05, 0) is 37.0 Å². The molecule has 3 unspecified atom stereocenters. The molecule has 33 heavy (non-hydrogen) atoms. The van der Waals surface area contributed by atoms with E-state index in [0.29, 0.717) is 19.4 Å². The van der Waals surface area contributed by atoms with Crippen molar-refractivity contribution in [3.05, 3.63) is 64.8 Å². The van der Waals surface area contributed by atoms with E-state index in [2.05, 4.69) is 20.5 Å². The molecule has 2 aromatic heterocycles. The number of pyridine rings is 1. The molecule has 2 fully saturated rings. The normalized spacial score (nSPS) is 22.1. The number of para-hydroxylation sites is 1. The Morgan fingerprint density at radius 2 is 1.94 bits per heavy atom. The molecule has 172 valence electrons. The number of nitrogens with one attached hydrogen (secondary N) is 1. The number of alkyl halides is 3. The Bertz CT molecular complexity index is 1200. The molecule has 1 saturated carbocycles. The van der Waals surface area contributed by atoms with Crippen molar-refractivity contribution in [3.63, 3.8) is 0 Å². The first-order valence-electron chi connectivity index (χ1n) is 10.2. The largest absolute Gasteiger partial charge is 0.417 e. The first-order valence-corrected chi connectivity index (χ1v) is 10.6. The number of fused-ring (bicyclic) bond motifs is 2. The molecule has 1 amide bonds. The SMILES string of the molecule is O=C(c1cccc(F)c1-n1nccn1)N1CC2CC(Nc3ncc(C(F)(F)F)cc3Cl)C1C2. The molecule has 2 bridgehead atoms. The summed E-state index contributed by atoms with van der Waals surface area (Å²) in [4.78, 5) is 20.0. The fourth-order valence-corrected chi connectivity index (χ4v) is 4.89. The number of nitrogens with zero attached hydrogens (tertiary/aromatic N) is 5. The molecule has 3 atom stereocenters. The second-order valence-corrected chi connectivity index (χ2v) is 8.53. The zero-order valence-corrected chi connectivity index (χ0v) is 17.7. The monoisotopic (exact) mass is 480 g/mol. The van der Waals surface area contributed by atoms with Crippen LogP contribution in [0.3, 0.4) is 0 Å². The summed E-state index contributed by atoms with van der Waals surface area (Å²) in [5.74, 6) is -0.671. The second-order valence-electron chi connectivity index (χ2n) is 8.12. The minimum Gasteiger partial charge on any atom is -0.364 e. The number of amides is 1. The Labute approximate surface area is 190 Å². The van der Waals surface area contributed by atoms with Gasteiger partial charge in [-0.2, -0.15) is 23.4 Å². The van der Waals surface area contributed by atoms with Crippen LogP contribution in [-0.2, 0) is 6.18 Å². The molecule has 5 rings (SSSR count). The molecule has 0 spiro atoms. The third kappa shape index (κ3) is 3.90. The summed E-state index contributed by atoms with van der Waals surface area (Å²) in [6.45, 7) is 0.498. The molecule has 7 nitrogen and oxygen atoms in total. The number of halogens is 5. The Morgan fingerprint density at radius 1 is 1.18 bits per heavy atom. The fraction of sp³-hybridized carbons (Fsp3) is 0.333. The van der Waals surface area contributed by atoms with Crippen molar-refractivity contribution in [2.45, 2.75) is 31.1 Å². The van der Waals surface area contributed by atoms with Crippen LogP contribution >= 0.6 is 11.6 Å². The maximum absolute atomic E-state index is 14.6. The summed E-state index contributed by atoms with van der Waals surface area (Å²) < 4.78 is 53.3. The molecule has 1 aliphatic carbocycles. The molecule has 1 saturated heterocycles. The summed E-state index contributed by atoms with van der Waals surface area (Å²) >= 11 is 6.04. The number of rotatable bonds is 4. The van der Waals surface area contributed by atoms with E-state index in [9.17, 15) is 22.4 Å². The van der Waals surface area contributed by atoms with Gasteiger partial charge in [0.05, 0.1) is 34.6 Å². The number of likely N-dealkylation sites (tertiary alicyclic amines) is 1. The van der Waals surface area contributed by atoms with E-state index in [1.54, 1.807) is 4.90 Å². The number of anilines is 1. The minimum absolute atomic E-state index is 0.0350. The number of benzene rings is 1. The first-order chi connectivity index (χ1) is 15.7. The topological polar surface area (TPSA) is 75.9 Å². The van der Waals surface area contributed by atoms with Crippen molar-refractivity contribution in [1.29, 1.82) is 0 Å². The Balaban J connectivity index is 1.39. The third-order valence-electron chi connectivity index (χ3n) is 6.07. The van der Waals surface area contributed by atoms with Gasteiger partial charge in [0.2, 0.25) is 0 Å². The lowest BCUT2D eigenvalue weighted by Gasteiger charge is -2.34. The van der Waals surface area contributed by atoms with Gasteiger partial charge in [0.15, 0.2) is 5.82 Å². The molecular formula is C21H17ClF4N6O. The Kier molecular flexibility index (Phi) is 5.23. The van der Waals surface area contributed by atoms with Crippen LogP contribution in [-0.4, -0.2) is 49.4 Å². The van der Waals surface area contributed by atoms with Crippen molar-refractivity contribution < 1.29 is 22.4 Å². The number of hydrogen-bond donors (Lipinski definition) is 1. The van der Waals surface area contributed by atoms with Gasteiger partial charge in [-0.25, -0.2) is 9.37 Å². The van der Waals surface area contributed by atoms with Gasteiger partial charge in [0, 0.05) is 18.8 Å². The van der Waals surface area contributed by atoms with Crippen LogP contribution in [0.4, 0.5) is 23.4 Å². The predicted molar refractivity (Wildman–Crippen MR) is 111 cm³/mol. The van der Waals surface area contributed by atoms with Crippen molar-refractivity contribution in [2.24, 2.45) is 5.92 Å². The number of hydrogen-bond acceptors (Lipinski definition) is 5. The highest BCUT2D eigenvalue weighted by atomic mass is 35.5. The molecule has 0 radical (unpaired) electrons. The summed E-state index contributed by atoms with van der Waals surface area (Å²) in [6, 6.07) is 4.52. The van der Waals surface area contributed by atoms with Gasteiger partial charge in [-0.1, -0.05) is 17.7 Å². The molecule has 1 aromatic carbocycles. The number of aromatic nitrogens is 4. The van der Waals surface area contributed by atoms with E-state index < -0.39 is 17.6 Å². The van der Waals surface area contributed by atoms with E-state index in [0.717, 1.165) is 17.1 Å². The lowest BCUT2D eigenvalue weighted by Crippen LogP contribution is -2.48. The predicted octanol–water partition coefficient (Wildman–Crippen LogP) is 4.19. The van der Waals surface area contributed by atoms with Crippen LogP contribution < -0.4 is 5.32 Å². The van der Waals surface area contributed by atoms with Crippen LogP contribution in [0.2, 0.25) is 5.02 Å². The van der Waals surface area contributed by atoms with Crippen molar-refractivity contribution in [2.75, 3.05) is 11.9 Å². The third-order valence-corrected chi connectivity index (χ3v) is 6.36. The van der Waals surface area contributed by atoms with E-state index in [1.807, 2.05) is 0 Å². The smallest absolute Gasteiger partial charge is 0.364 e. The summed E-state index contributed by atoms with van der Waals surface area (Å²) in [6.07, 6.45) is 0.381. The van der Waals surface area contributed by atoms with Gasteiger partial charge in [-0.15, -0.1) is 4.80 Å². The maximum Gasteiger partial charge on any atom is 0.417 e. The first kappa shape index (κ1) is 21.6. The quantitative estimate of drug-likeness (QED) is 0.567. The molecular weight excluding hydrogens is 464 g/mol. The number of carbonyl (C=O) groups excluding carboxylic acids is 1. The highest BCUT2D eigenvalue weighted by Gasteiger charge is 2.47. The van der Waals surface area contributed by atoms with Gasteiger partial charge in [0.1, 0.15) is 11.5 Å². The fourth-order valence-electron chi connectivity index (χ4n) is 4.67. The van der Waals surface area contributed by atoms with Gasteiger partial charge in [-0.3, -0.25) is 4.79 Å².